The second kappa shape index (κ2) is 10.8. The summed E-state index contributed by atoms with van der Waals surface area (Å²) in [7, 11) is 0. The van der Waals surface area contributed by atoms with Crippen LogP contribution in [0, 0.1) is 0 Å². The summed E-state index contributed by atoms with van der Waals surface area (Å²) in [5, 5.41) is 0. The number of amides is 1. The quantitative estimate of drug-likeness (QED) is 0.446. The predicted octanol–water partition coefficient (Wildman–Crippen LogP) is 4.65. The van der Waals surface area contributed by atoms with Crippen LogP contribution in [0.15, 0.2) is 67.0 Å². The number of aromatic nitrogens is 2. The van der Waals surface area contributed by atoms with Gasteiger partial charge in [0.25, 0.3) is 0 Å². The number of hydrogen-bond donors (Lipinski definition) is 0. The molecule has 7 nitrogen and oxygen atoms in total. The van der Waals surface area contributed by atoms with E-state index >= 15 is 0 Å². The van der Waals surface area contributed by atoms with Gasteiger partial charge in [-0.2, -0.15) is 0 Å². The van der Waals surface area contributed by atoms with Gasteiger partial charge in [-0.3, -0.25) is 4.79 Å². The minimum atomic E-state index is -0.115. The Kier molecular flexibility index (Phi) is 7.40. The van der Waals surface area contributed by atoms with Crippen molar-refractivity contribution in [1.82, 2.24) is 9.97 Å². The van der Waals surface area contributed by atoms with Crippen LogP contribution in [-0.4, -0.2) is 42.2 Å². The molecule has 2 atom stereocenters. The molecule has 2 heterocycles. The first-order chi connectivity index (χ1) is 16.2. The molecule has 0 radical (unpaired) electrons. The fourth-order valence-electron chi connectivity index (χ4n) is 4.10. The van der Waals surface area contributed by atoms with Crippen LogP contribution in [-0.2, 0) is 4.79 Å². The summed E-state index contributed by atoms with van der Waals surface area (Å²) in [5.41, 5.74) is 1.72. The van der Waals surface area contributed by atoms with Crippen LogP contribution in [0.1, 0.15) is 38.3 Å². The molecule has 4 rings (SSSR count). The van der Waals surface area contributed by atoms with Crippen LogP contribution in [0.3, 0.4) is 0 Å². The van der Waals surface area contributed by atoms with Gasteiger partial charge >= 0.3 is 0 Å². The zero-order valence-electron chi connectivity index (χ0n) is 19.1. The fraction of sp³-hybridized carbons (Fsp3) is 0.346. The van der Waals surface area contributed by atoms with Crippen LogP contribution in [0.25, 0.3) is 0 Å². The van der Waals surface area contributed by atoms with Crippen molar-refractivity contribution in [3.05, 3.63) is 72.6 Å². The number of para-hydroxylation sites is 2. The summed E-state index contributed by atoms with van der Waals surface area (Å²) in [5.74, 6) is 2.17. The minimum absolute atomic E-state index is 0.0215. The number of ether oxygens (including phenoxy) is 2. The minimum Gasteiger partial charge on any atom is -0.490 e. The third kappa shape index (κ3) is 5.42. The Morgan fingerprint density at radius 3 is 2.48 bits per heavy atom. The van der Waals surface area contributed by atoms with E-state index in [9.17, 15) is 4.79 Å². The molecule has 0 spiro atoms. The van der Waals surface area contributed by atoms with E-state index < -0.39 is 0 Å². The fourth-order valence-corrected chi connectivity index (χ4v) is 4.10. The average Bonchev–Trinajstić information content (AvgIpc) is 2.87. The summed E-state index contributed by atoms with van der Waals surface area (Å²) in [6.07, 6.45) is 6.22. The predicted molar refractivity (Wildman–Crippen MR) is 129 cm³/mol. The number of carbonyl (C=O) groups excluding carboxylic acids is 1. The molecule has 0 bridgehead atoms. The van der Waals surface area contributed by atoms with Crippen LogP contribution in [0.5, 0.6) is 11.5 Å². The van der Waals surface area contributed by atoms with Gasteiger partial charge in [-0.15, -0.1) is 0 Å². The maximum absolute atomic E-state index is 11.8. The SMILES string of the molecule is CCOc1ccccc1OC1CCCN(c2ncc(N(C=O)[C@H](C)c3ccccc3)cn2)C1. The summed E-state index contributed by atoms with van der Waals surface area (Å²) >= 11 is 0. The first kappa shape index (κ1) is 22.6. The van der Waals surface area contributed by atoms with Crippen molar-refractivity contribution in [3.63, 3.8) is 0 Å². The second-order valence-corrected chi connectivity index (χ2v) is 8.05. The van der Waals surface area contributed by atoms with E-state index in [2.05, 4.69) is 14.9 Å². The number of hydrogen-bond acceptors (Lipinski definition) is 6. The van der Waals surface area contributed by atoms with Gasteiger partial charge in [-0.25, -0.2) is 9.97 Å². The second-order valence-electron chi connectivity index (χ2n) is 8.05. The molecule has 1 aromatic heterocycles. The Labute approximate surface area is 195 Å². The monoisotopic (exact) mass is 446 g/mol. The first-order valence-electron chi connectivity index (χ1n) is 11.4. The maximum atomic E-state index is 11.8. The number of anilines is 2. The number of carbonyl (C=O) groups is 1. The molecule has 1 unspecified atom stereocenters. The first-order valence-corrected chi connectivity index (χ1v) is 11.4. The summed E-state index contributed by atoms with van der Waals surface area (Å²) in [6.45, 7) is 6.11. The number of benzene rings is 2. The smallest absolute Gasteiger partial charge is 0.225 e. The van der Waals surface area contributed by atoms with Gasteiger partial charge in [-0.1, -0.05) is 42.5 Å². The van der Waals surface area contributed by atoms with Gasteiger partial charge in [-0.05, 0) is 44.4 Å². The zero-order chi connectivity index (χ0) is 23.0. The van der Waals surface area contributed by atoms with Crippen molar-refractivity contribution in [3.8, 4) is 11.5 Å². The highest BCUT2D eigenvalue weighted by Gasteiger charge is 2.25. The van der Waals surface area contributed by atoms with E-state index in [1.807, 2.05) is 68.4 Å². The molecule has 172 valence electrons. The van der Waals surface area contributed by atoms with E-state index in [0.29, 0.717) is 24.8 Å². The van der Waals surface area contributed by atoms with Crippen molar-refractivity contribution >= 4 is 18.0 Å². The van der Waals surface area contributed by atoms with Crippen LogP contribution < -0.4 is 19.3 Å². The van der Waals surface area contributed by atoms with Crippen LogP contribution in [0.2, 0.25) is 0 Å². The lowest BCUT2D eigenvalue weighted by molar-refractivity contribution is -0.107. The summed E-state index contributed by atoms with van der Waals surface area (Å²) in [6, 6.07) is 17.6. The normalized spacial score (nSPS) is 16.7. The van der Waals surface area contributed by atoms with Gasteiger partial charge in [0.2, 0.25) is 12.4 Å². The summed E-state index contributed by atoms with van der Waals surface area (Å²) < 4.78 is 12.0. The molecular weight excluding hydrogens is 416 g/mol. The molecule has 0 saturated carbocycles. The van der Waals surface area contributed by atoms with Crippen LogP contribution >= 0.6 is 0 Å². The topological polar surface area (TPSA) is 67.8 Å². The lowest BCUT2D eigenvalue weighted by Crippen LogP contribution is -2.42. The lowest BCUT2D eigenvalue weighted by atomic mass is 10.1. The number of rotatable bonds is 9. The van der Waals surface area contributed by atoms with E-state index in [1.165, 1.54) is 0 Å². The maximum Gasteiger partial charge on any atom is 0.225 e. The van der Waals surface area contributed by atoms with E-state index in [4.69, 9.17) is 9.47 Å². The Morgan fingerprint density at radius 1 is 1.09 bits per heavy atom. The van der Waals surface area contributed by atoms with E-state index in [1.54, 1.807) is 17.3 Å². The Morgan fingerprint density at radius 2 is 1.79 bits per heavy atom. The largest absolute Gasteiger partial charge is 0.490 e. The molecule has 1 aliphatic rings. The zero-order valence-corrected chi connectivity index (χ0v) is 19.1. The van der Waals surface area contributed by atoms with Crippen molar-refractivity contribution in [1.29, 1.82) is 0 Å². The molecule has 3 aromatic rings. The Hall–Kier alpha value is -3.61. The Bertz CT molecular complexity index is 1030. The molecule has 7 heteroatoms. The highest BCUT2D eigenvalue weighted by atomic mass is 16.5. The van der Waals surface area contributed by atoms with Gasteiger partial charge in [0.15, 0.2) is 11.5 Å². The van der Waals surface area contributed by atoms with Gasteiger partial charge in [0.1, 0.15) is 6.10 Å². The molecule has 1 aliphatic heterocycles. The van der Waals surface area contributed by atoms with Crippen molar-refractivity contribution in [2.45, 2.75) is 38.8 Å². The highest BCUT2D eigenvalue weighted by Crippen LogP contribution is 2.30. The van der Waals surface area contributed by atoms with Crippen molar-refractivity contribution in [2.24, 2.45) is 0 Å². The van der Waals surface area contributed by atoms with E-state index in [-0.39, 0.29) is 12.1 Å². The molecule has 0 aliphatic carbocycles. The molecule has 1 saturated heterocycles. The third-order valence-corrected chi connectivity index (χ3v) is 5.84. The lowest BCUT2D eigenvalue weighted by Gasteiger charge is -2.33. The summed E-state index contributed by atoms with van der Waals surface area (Å²) in [4.78, 5) is 24.7. The molecular formula is C26H30N4O3. The number of nitrogens with zero attached hydrogens (tertiary/aromatic N) is 4. The standard InChI is InChI=1S/C26H30N4O3/c1-3-32-24-13-7-8-14-25(24)33-23-12-9-15-29(18-23)26-27-16-22(17-28-26)30(19-31)20(2)21-10-5-4-6-11-21/h4-8,10-11,13-14,16-17,19-20,23H,3,9,12,15,18H2,1-2H3/t20-,23?/m1/s1. The van der Waals surface area contributed by atoms with Gasteiger partial charge in [0.05, 0.1) is 37.3 Å². The highest BCUT2D eigenvalue weighted by molar-refractivity contribution is 5.75. The van der Waals surface area contributed by atoms with Crippen molar-refractivity contribution < 1.29 is 14.3 Å². The number of piperidine rings is 1. The van der Waals surface area contributed by atoms with Gasteiger partial charge < -0.3 is 19.3 Å². The van der Waals surface area contributed by atoms with E-state index in [0.717, 1.165) is 42.9 Å². The molecule has 1 amide bonds. The van der Waals surface area contributed by atoms with Crippen molar-refractivity contribution in [2.75, 3.05) is 29.5 Å². The third-order valence-electron chi connectivity index (χ3n) is 5.84. The Balaban J connectivity index is 1.43. The molecule has 0 N–H and O–H groups in total. The molecule has 2 aromatic carbocycles. The molecule has 1 fully saturated rings. The van der Waals surface area contributed by atoms with Gasteiger partial charge in [0, 0.05) is 6.54 Å². The van der Waals surface area contributed by atoms with Crippen LogP contribution in [0.4, 0.5) is 11.6 Å². The molecule has 33 heavy (non-hydrogen) atoms. The average molecular weight is 447 g/mol.